The zero-order chi connectivity index (χ0) is 12.4. The van der Waals surface area contributed by atoms with Crippen molar-refractivity contribution in [1.82, 2.24) is 20.0 Å². The van der Waals surface area contributed by atoms with Gasteiger partial charge in [-0.3, -0.25) is 0 Å². The normalized spacial score (nSPS) is 10.7. The lowest BCUT2D eigenvalue weighted by Gasteiger charge is -2.05. The zero-order valence-corrected chi connectivity index (χ0v) is 10.0. The number of fused-ring (bicyclic) bond motifs is 1. The largest absolute Gasteiger partial charge is 0.370 e. The molecule has 0 unspecified atom stereocenters. The maximum Gasteiger partial charge on any atom is 0.158 e. The highest BCUT2D eigenvalue weighted by atomic mass is 15.4. The van der Waals surface area contributed by atoms with Crippen LogP contribution >= 0.6 is 0 Å². The van der Waals surface area contributed by atoms with Crippen LogP contribution in [-0.2, 0) is 0 Å². The van der Waals surface area contributed by atoms with Gasteiger partial charge in [0.05, 0.1) is 5.52 Å². The first kappa shape index (κ1) is 10.7. The number of benzene rings is 1. The van der Waals surface area contributed by atoms with Crippen LogP contribution in [0.3, 0.4) is 0 Å². The van der Waals surface area contributed by atoms with E-state index in [-0.39, 0.29) is 0 Å². The number of hydrogen-bond acceptors (Lipinski definition) is 4. The minimum Gasteiger partial charge on any atom is -0.370 e. The molecule has 3 rings (SSSR count). The Labute approximate surface area is 104 Å². The quantitative estimate of drug-likeness (QED) is 0.761. The average Bonchev–Trinajstić information content (AvgIpc) is 2.83. The molecule has 2 heterocycles. The van der Waals surface area contributed by atoms with Gasteiger partial charge in [-0.15, -0.1) is 5.10 Å². The first-order valence-corrected chi connectivity index (χ1v) is 5.90. The van der Waals surface area contributed by atoms with Crippen LogP contribution in [0.2, 0.25) is 0 Å². The Morgan fingerprint density at radius 3 is 2.89 bits per heavy atom. The van der Waals surface area contributed by atoms with Crippen molar-refractivity contribution in [3.8, 4) is 5.82 Å². The van der Waals surface area contributed by atoms with Crippen LogP contribution in [0, 0.1) is 0 Å². The van der Waals surface area contributed by atoms with E-state index in [1.165, 1.54) is 0 Å². The number of aromatic nitrogens is 4. The molecule has 0 aliphatic heterocycles. The van der Waals surface area contributed by atoms with Crippen LogP contribution < -0.4 is 5.32 Å². The van der Waals surface area contributed by atoms with Crippen molar-refractivity contribution in [2.75, 3.05) is 11.9 Å². The van der Waals surface area contributed by atoms with E-state index in [0.29, 0.717) is 0 Å². The van der Waals surface area contributed by atoms with Crippen LogP contribution in [0.25, 0.3) is 16.9 Å². The first-order chi connectivity index (χ1) is 8.88. The van der Waals surface area contributed by atoms with E-state index in [1.807, 2.05) is 49.4 Å². The standard InChI is InChI=1S/C13H13N5/c1-2-14-12-8-5-9-13(15-12)18-11-7-4-3-6-10(11)16-17-18/h3-9H,2H2,1H3,(H,14,15). The van der Waals surface area contributed by atoms with Crippen molar-refractivity contribution in [2.24, 2.45) is 0 Å². The summed E-state index contributed by atoms with van der Waals surface area (Å²) in [6.07, 6.45) is 0. The lowest BCUT2D eigenvalue weighted by atomic mass is 10.3. The van der Waals surface area contributed by atoms with Crippen molar-refractivity contribution >= 4 is 16.9 Å². The molecule has 18 heavy (non-hydrogen) atoms. The van der Waals surface area contributed by atoms with Gasteiger partial charge in [0.25, 0.3) is 0 Å². The smallest absolute Gasteiger partial charge is 0.158 e. The lowest BCUT2D eigenvalue weighted by Crippen LogP contribution is -2.04. The molecule has 0 amide bonds. The van der Waals surface area contributed by atoms with E-state index in [1.54, 1.807) is 4.68 Å². The van der Waals surface area contributed by atoms with E-state index >= 15 is 0 Å². The minimum absolute atomic E-state index is 0.766. The molecule has 0 radical (unpaired) electrons. The predicted molar refractivity (Wildman–Crippen MR) is 70.8 cm³/mol. The van der Waals surface area contributed by atoms with Crippen LogP contribution in [0.15, 0.2) is 42.5 Å². The molecule has 0 saturated heterocycles. The number of hydrogen-bond donors (Lipinski definition) is 1. The second kappa shape index (κ2) is 4.44. The van der Waals surface area contributed by atoms with Crippen LogP contribution in [0.4, 0.5) is 5.82 Å². The van der Waals surface area contributed by atoms with Gasteiger partial charge < -0.3 is 5.32 Å². The van der Waals surface area contributed by atoms with E-state index in [4.69, 9.17) is 0 Å². The zero-order valence-electron chi connectivity index (χ0n) is 10.0. The topological polar surface area (TPSA) is 55.6 Å². The third-order valence-electron chi connectivity index (χ3n) is 2.66. The predicted octanol–water partition coefficient (Wildman–Crippen LogP) is 2.25. The summed E-state index contributed by atoms with van der Waals surface area (Å²) in [5.74, 6) is 1.61. The number of anilines is 1. The third-order valence-corrected chi connectivity index (χ3v) is 2.66. The highest BCUT2D eigenvalue weighted by Crippen LogP contribution is 2.15. The number of rotatable bonds is 3. The molecule has 0 aliphatic carbocycles. The van der Waals surface area contributed by atoms with Gasteiger partial charge in [0.2, 0.25) is 0 Å². The summed E-state index contributed by atoms with van der Waals surface area (Å²) in [6.45, 7) is 2.88. The Bertz CT molecular complexity index is 674. The molecule has 90 valence electrons. The second-order valence-electron chi connectivity index (χ2n) is 3.90. The van der Waals surface area contributed by atoms with Crippen molar-refractivity contribution < 1.29 is 0 Å². The number of nitrogens with one attached hydrogen (secondary N) is 1. The molecule has 0 fully saturated rings. The van der Waals surface area contributed by atoms with Crippen molar-refractivity contribution in [2.45, 2.75) is 6.92 Å². The van der Waals surface area contributed by atoms with Gasteiger partial charge in [-0.1, -0.05) is 23.4 Å². The Hall–Kier alpha value is -2.43. The van der Waals surface area contributed by atoms with Crippen LogP contribution in [0.1, 0.15) is 6.92 Å². The van der Waals surface area contributed by atoms with Crippen molar-refractivity contribution in [1.29, 1.82) is 0 Å². The minimum atomic E-state index is 0.766. The third kappa shape index (κ3) is 1.79. The fourth-order valence-corrected chi connectivity index (χ4v) is 1.86. The SMILES string of the molecule is CCNc1cccc(-n2nnc3ccccc32)n1. The summed E-state index contributed by atoms with van der Waals surface area (Å²) in [5.41, 5.74) is 1.83. The molecule has 3 aromatic rings. The molecule has 0 aliphatic rings. The molecule has 5 heteroatoms. The summed E-state index contributed by atoms with van der Waals surface area (Å²) >= 11 is 0. The molecule has 5 nitrogen and oxygen atoms in total. The molecular formula is C13H13N5. The molecule has 0 spiro atoms. The fourth-order valence-electron chi connectivity index (χ4n) is 1.86. The Balaban J connectivity index is 2.11. The summed E-state index contributed by atoms with van der Waals surface area (Å²) in [7, 11) is 0. The van der Waals surface area contributed by atoms with Gasteiger partial charge in [0, 0.05) is 6.54 Å². The summed E-state index contributed by atoms with van der Waals surface area (Å²) in [6, 6.07) is 13.6. The van der Waals surface area contributed by atoms with Crippen LogP contribution in [0.5, 0.6) is 0 Å². The Morgan fingerprint density at radius 1 is 1.11 bits per heavy atom. The van der Waals surface area contributed by atoms with Gasteiger partial charge in [0.15, 0.2) is 5.82 Å². The summed E-state index contributed by atoms with van der Waals surface area (Å²) in [4.78, 5) is 4.50. The van der Waals surface area contributed by atoms with Crippen molar-refractivity contribution in [3.63, 3.8) is 0 Å². The molecule has 0 atom stereocenters. The molecular weight excluding hydrogens is 226 g/mol. The highest BCUT2D eigenvalue weighted by Gasteiger charge is 2.06. The van der Waals surface area contributed by atoms with E-state index < -0.39 is 0 Å². The molecule has 1 N–H and O–H groups in total. The van der Waals surface area contributed by atoms with E-state index in [9.17, 15) is 0 Å². The number of para-hydroxylation sites is 1. The number of nitrogens with zero attached hydrogens (tertiary/aromatic N) is 4. The van der Waals surface area contributed by atoms with Crippen LogP contribution in [-0.4, -0.2) is 26.5 Å². The van der Waals surface area contributed by atoms with Gasteiger partial charge in [-0.2, -0.15) is 4.68 Å². The Kier molecular flexibility index (Phi) is 2.64. The monoisotopic (exact) mass is 239 g/mol. The maximum atomic E-state index is 4.50. The fraction of sp³-hybridized carbons (Fsp3) is 0.154. The molecule has 0 bridgehead atoms. The average molecular weight is 239 g/mol. The van der Waals surface area contributed by atoms with E-state index in [0.717, 1.165) is 29.2 Å². The second-order valence-corrected chi connectivity index (χ2v) is 3.90. The summed E-state index contributed by atoms with van der Waals surface area (Å²) in [5, 5.41) is 11.5. The Morgan fingerprint density at radius 2 is 2.00 bits per heavy atom. The van der Waals surface area contributed by atoms with Gasteiger partial charge in [-0.25, -0.2) is 4.98 Å². The molecule has 2 aromatic heterocycles. The number of pyridine rings is 1. The van der Waals surface area contributed by atoms with Crippen molar-refractivity contribution in [3.05, 3.63) is 42.5 Å². The first-order valence-electron chi connectivity index (χ1n) is 5.90. The lowest BCUT2D eigenvalue weighted by molar-refractivity contribution is 0.802. The van der Waals surface area contributed by atoms with Gasteiger partial charge in [0.1, 0.15) is 11.3 Å². The van der Waals surface area contributed by atoms with Gasteiger partial charge >= 0.3 is 0 Å². The summed E-state index contributed by atoms with van der Waals surface area (Å²) < 4.78 is 1.75. The van der Waals surface area contributed by atoms with E-state index in [2.05, 4.69) is 20.6 Å². The molecule has 0 saturated carbocycles. The molecule has 1 aromatic carbocycles. The van der Waals surface area contributed by atoms with Gasteiger partial charge in [-0.05, 0) is 31.2 Å². The maximum absolute atomic E-state index is 4.50. The highest BCUT2D eigenvalue weighted by molar-refractivity contribution is 5.75.